The third-order valence-electron chi connectivity index (χ3n) is 13.2. The zero-order chi connectivity index (χ0) is 43.4. The molecule has 2 N–H and O–H groups in total. The van der Waals surface area contributed by atoms with Gasteiger partial charge in [0.25, 0.3) is 0 Å². The number of methoxy groups -OCH3 is 2. The zero-order valence-electron chi connectivity index (χ0n) is 37.0. The van der Waals surface area contributed by atoms with Gasteiger partial charge in [0.15, 0.2) is 18.7 Å². The number of likely N-dealkylation sites (N-methyl/N-ethyl adjacent to an activating group) is 1. The van der Waals surface area contributed by atoms with E-state index in [1.165, 1.54) is 28.1 Å². The van der Waals surface area contributed by atoms with Crippen molar-refractivity contribution in [2.45, 2.75) is 186 Å². The highest BCUT2D eigenvalue weighted by atomic mass is 16.7. The van der Waals surface area contributed by atoms with E-state index in [1.54, 1.807) is 41.5 Å². The zero-order valence-corrected chi connectivity index (χ0v) is 37.0. The Bertz CT molecular complexity index is 1360. The minimum absolute atomic E-state index is 0.111. The van der Waals surface area contributed by atoms with Crippen LogP contribution in [-0.4, -0.2) is 146 Å². The van der Waals surface area contributed by atoms with E-state index >= 15 is 0 Å². The molecule has 3 aliphatic rings. The fraction of sp³-hybridized carbons (Fsp3) is 0.905. The Balaban J connectivity index is 2.26. The molecule has 3 saturated heterocycles. The monoisotopic (exact) mass is 816 g/mol. The Morgan fingerprint density at radius 2 is 1.53 bits per heavy atom. The average molecular weight is 816 g/mol. The maximum absolute atomic E-state index is 14.4. The van der Waals surface area contributed by atoms with Crippen LogP contribution in [0.25, 0.3) is 0 Å². The van der Waals surface area contributed by atoms with Crippen LogP contribution in [0.1, 0.15) is 108 Å². The maximum atomic E-state index is 14.4. The average Bonchev–Trinajstić information content (AvgIpc) is 3.14. The smallest absolute Gasteiger partial charge is 0.311 e. The predicted octanol–water partition coefficient (Wildman–Crippen LogP) is 3.85. The van der Waals surface area contributed by atoms with E-state index in [9.17, 15) is 29.4 Å². The highest BCUT2D eigenvalue weighted by molar-refractivity contribution is 5.83. The fourth-order valence-electron chi connectivity index (χ4n) is 9.61. The summed E-state index contributed by atoms with van der Waals surface area (Å²) in [6.07, 6.45) is -6.48. The van der Waals surface area contributed by atoms with Crippen molar-refractivity contribution in [3.8, 4) is 0 Å². The van der Waals surface area contributed by atoms with Gasteiger partial charge in [0.2, 0.25) is 0 Å². The summed E-state index contributed by atoms with van der Waals surface area (Å²) in [4.78, 5) is 54.9. The van der Waals surface area contributed by atoms with Crippen molar-refractivity contribution < 1.29 is 67.3 Å². The molecule has 330 valence electrons. The number of nitrogens with zero attached hydrogens (tertiary/aromatic N) is 1. The summed E-state index contributed by atoms with van der Waals surface area (Å²) >= 11 is 0. The molecule has 0 aromatic heterocycles. The molecule has 0 amide bonds. The maximum Gasteiger partial charge on any atom is 0.311 e. The summed E-state index contributed by atoms with van der Waals surface area (Å²) < 4.78 is 50.4. The van der Waals surface area contributed by atoms with Gasteiger partial charge >= 0.3 is 11.9 Å². The Labute approximate surface area is 340 Å². The lowest BCUT2D eigenvalue weighted by Crippen LogP contribution is -2.61. The Morgan fingerprint density at radius 3 is 2.05 bits per heavy atom. The standard InChI is InChI=1S/C42H73NO14/c1-16-31-42(11,49)29(17-18-44)24(4)33(46)22(2)20-40(9,50-14)36(57-39-34(47)30(43(12)13)19-23(3)52-39)25(5)35(26(6)38(48)55-31)56-32-21-41(10,51-15)37(27(7)53-32)54-28(8)45/h18,22-27,29-32,34-37,39,47,49H,16-17,19-21H2,1-15H3/t22-,23-,24?,25-,26-,27+,29+,30+,31-,32?,34-,35+,36-,37+,39+,40-,41-,42+/m1/s1. The van der Waals surface area contributed by atoms with Crippen LogP contribution in [-0.2, 0) is 57.1 Å². The first-order valence-electron chi connectivity index (χ1n) is 20.6. The van der Waals surface area contributed by atoms with Crippen molar-refractivity contribution in [1.82, 2.24) is 4.90 Å². The predicted molar refractivity (Wildman–Crippen MR) is 209 cm³/mol. The molecule has 3 rings (SSSR count). The SMILES string of the molecule is CC[C@H]1OC(=O)[C@H](C)[C@@H](OC2C[C@@](C)(OC)[C@@H](OC(C)=O)[C@H](C)O2)[C@@H](C)[C@@H](O[C@@H]2O[C@H](C)C[C@H](N(C)C)[C@H]2O)[C@](C)(OC)C[C@@H](C)C(=O)C(C)[C@H](CC=O)[C@]1(C)O. The van der Waals surface area contributed by atoms with Crippen molar-refractivity contribution >= 4 is 24.0 Å². The molecule has 2 unspecified atom stereocenters. The van der Waals surface area contributed by atoms with Gasteiger partial charge in [0.1, 0.15) is 35.5 Å². The van der Waals surface area contributed by atoms with Crippen LogP contribution in [0, 0.1) is 29.6 Å². The number of aliphatic hydroxyl groups is 2. The van der Waals surface area contributed by atoms with E-state index in [0.717, 1.165) is 0 Å². The summed E-state index contributed by atoms with van der Waals surface area (Å²) in [6.45, 7) is 18.8. The number of rotatable bonds is 11. The second-order valence-corrected chi connectivity index (χ2v) is 17.8. The van der Waals surface area contributed by atoms with E-state index in [1.807, 2.05) is 39.8 Å². The number of hydrogen-bond acceptors (Lipinski definition) is 15. The van der Waals surface area contributed by atoms with Gasteiger partial charge in [-0.25, -0.2) is 0 Å². The largest absolute Gasteiger partial charge is 0.459 e. The van der Waals surface area contributed by atoms with Crippen LogP contribution in [0.2, 0.25) is 0 Å². The number of carbonyl (C=O) groups excluding carboxylic acids is 4. The first-order chi connectivity index (χ1) is 26.4. The van der Waals surface area contributed by atoms with Gasteiger partial charge < -0.3 is 57.8 Å². The van der Waals surface area contributed by atoms with Crippen LogP contribution >= 0.6 is 0 Å². The van der Waals surface area contributed by atoms with Gasteiger partial charge in [-0.3, -0.25) is 14.4 Å². The molecule has 3 aliphatic heterocycles. The fourth-order valence-corrected chi connectivity index (χ4v) is 9.61. The molecular weight excluding hydrogens is 742 g/mol. The van der Waals surface area contributed by atoms with Crippen LogP contribution < -0.4 is 0 Å². The molecule has 0 aromatic rings. The van der Waals surface area contributed by atoms with Crippen molar-refractivity contribution in [3.05, 3.63) is 0 Å². The van der Waals surface area contributed by atoms with Crippen molar-refractivity contribution in [2.75, 3.05) is 28.3 Å². The Morgan fingerprint density at radius 1 is 0.930 bits per heavy atom. The highest BCUT2D eigenvalue weighted by Gasteiger charge is 2.54. The van der Waals surface area contributed by atoms with E-state index in [2.05, 4.69) is 0 Å². The van der Waals surface area contributed by atoms with Gasteiger partial charge in [-0.15, -0.1) is 0 Å². The minimum Gasteiger partial charge on any atom is -0.459 e. The molecule has 18 atom stereocenters. The third-order valence-corrected chi connectivity index (χ3v) is 13.2. The molecule has 3 heterocycles. The molecule has 0 bridgehead atoms. The van der Waals surface area contributed by atoms with Gasteiger partial charge in [0.05, 0.1) is 35.9 Å². The number of ether oxygens (including phenoxy) is 8. The third kappa shape index (κ3) is 11.0. The van der Waals surface area contributed by atoms with Gasteiger partial charge in [-0.1, -0.05) is 27.7 Å². The van der Waals surface area contributed by atoms with E-state index in [4.69, 9.17) is 37.9 Å². The second kappa shape index (κ2) is 20.0. The number of ketones is 1. The lowest BCUT2D eigenvalue weighted by atomic mass is 9.69. The molecule has 0 aromatic carbocycles. The number of aldehydes is 1. The minimum atomic E-state index is -1.76. The van der Waals surface area contributed by atoms with Crippen molar-refractivity contribution in [1.29, 1.82) is 0 Å². The van der Waals surface area contributed by atoms with E-state index < -0.39 is 108 Å². The topological polar surface area (TPSA) is 186 Å². The number of cyclic esters (lactones) is 1. The molecule has 3 fully saturated rings. The number of hydrogen-bond donors (Lipinski definition) is 2. The molecule has 15 heteroatoms. The lowest BCUT2D eigenvalue weighted by Gasteiger charge is -2.50. The normalized spacial score (nSPS) is 45.5. The number of aliphatic hydroxyl groups excluding tert-OH is 1. The quantitative estimate of drug-likeness (QED) is 0.226. The molecule has 0 spiro atoms. The van der Waals surface area contributed by atoms with Crippen molar-refractivity contribution in [2.24, 2.45) is 29.6 Å². The Kier molecular flexibility index (Phi) is 17.3. The first kappa shape index (κ1) is 49.3. The number of carbonyl (C=O) groups is 4. The second-order valence-electron chi connectivity index (χ2n) is 17.8. The van der Waals surface area contributed by atoms with Gasteiger partial charge in [0, 0.05) is 63.7 Å². The van der Waals surface area contributed by atoms with Gasteiger partial charge in [-0.05, 0) is 74.9 Å². The number of esters is 2. The molecule has 57 heavy (non-hydrogen) atoms. The number of Topliss-reactive ketones (excluding diaryl/α,β-unsaturated/α-hetero) is 1. The van der Waals surface area contributed by atoms with E-state index in [0.29, 0.717) is 12.7 Å². The van der Waals surface area contributed by atoms with Gasteiger partial charge in [-0.2, -0.15) is 0 Å². The van der Waals surface area contributed by atoms with E-state index in [-0.39, 0.29) is 43.6 Å². The summed E-state index contributed by atoms with van der Waals surface area (Å²) in [5, 5.41) is 23.8. The van der Waals surface area contributed by atoms with Crippen LogP contribution in [0.15, 0.2) is 0 Å². The summed E-state index contributed by atoms with van der Waals surface area (Å²) in [5.74, 6) is -5.51. The first-order valence-corrected chi connectivity index (χ1v) is 20.6. The molecular formula is C42H73NO14. The molecule has 15 nitrogen and oxygen atoms in total. The van der Waals surface area contributed by atoms with Crippen molar-refractivity contribution in [3.63, 3.8) is 0 Å². The molecule has 0 saturated carbocycles. The van der Waals surface area contributed by atoms with Crippen LogP contribution in [0.4, 0.5) is 0 Å². The summed E-state index contributed by atoms with van der Waals surface area (Å²) in [5.41, 5.74) is -4.06. The Hall–Kier alpha value is -2.08. The van der Waals surface area contributed by atoms with Crippen LogP contribution in [0.3, 0.4) is 0 Å². The summed E-state index contributed by atoms with van der Waals surface area (Å²) in [7, 11) is 6.78. The summed E-state index contributed by atoms with van der Waals surface area (Å²) in [6, 6.07) is -0.300. The molecule has 0 aliphatic carbocycles. The van der Waals surface area contributed by atoms with Crippen LogP contribution in [0.5, 0.6) is 0 Å². The lowest BCUT2D eigenvalue weighted by molar-refractivity contribution is -0.320. The molecule has 0 radical (unpaired) electrons. The highest BCUT2D eigenvalue weighted by Crippen LogP contribution is 2.43.